The highest BCUT2D eigenvalue weighted by molar-refractivity contribution is 9.10. The SMILES string of the molecule is CCc1nn(CC)c(CC(N)c2cccc(Cl)c2C)c1Br. The van der Waals surface area contributed by atoms with Crippen molar-refractivity contribution >= 4 is 27.5 Å². The lowest BCUT2D eigenvalue weighted by Gasteiger charge is -2.16. The summed E-state index contributed by atoms with van der Waals surface area (Å²) in [5, 5.41) is 5.39. The summed E-state index contributed by atoms with van der Waals surface area (Å²) in [6.07, 6.45) is 1.65. The number of aryl methyl sites for hydroxylation is 2. The molecule has 0 aliphatic carbocycles. The van der Waals surface area contributed by atoms with Crippen LogP contribution >= 0.6 is 27.5 Å². The van der Waals surface area contributed by atoms with E-state index in [1.165, 1.54) is 0 Å². The number of aromatic nitrogens is 2. The minimum atomic E-state index is -0.0910. The Morgan fingerprint density at radius 1 is 1.38 bits per heavy atom. The molecule has 2 aromatic rings. The Balaban J connectivity index is 2.33. The molecule has 1 aromatic carbocycles. The van der Waals surface area contributed by atoms with Crippen molar-refractivity contribution in [3.63, 3.8) is 0 Å². The smallest absolute Gasteiger partial charge is 0.0766 e. The maximum atomic E-state index is 6.42. The second kappa shape index (κ2) is 6.95. The first kappa shape index (κ1) is 16.5. The third kappa shape index (κ3) is 3.33. The van der Waals surface area contributed by atoms with E-state index in [1.54, 1.807) is 0 Å². The molecule has 1 aromatic heterocycles. The van der Waals surface area contributed by atoms with Crippen LogP contribution in [0.15, 0.2) is 22.7 Å². The fourth-order valence-electron chi connectivity index (χ4n) is 2.56. The molecule has 0 aliphatic rings. The first-order chi connectivity index (χ1) is 9.99. The standard InChI is InChI=1S/C16H21BrClN3/c1-4-14-16(17)15(21(5-2)20-14)9-13(19)11-7-6-8-12(18)10(11)3/h6-8,13H,4-5,9,19H2,1-3H3. The van der Waals surface area contributed by atoms with Crippen LogP contribution in [-0.2, 0) is 19.4 Å². The summed E-state index contributed by atoms with van der Waals surface area (Å²) in [7, 11) is 0. The summed E-state index contributed by atoms with van der Waals surface area (Å²) in [5.41, 5.74) is 10.8. The normalized spacial score (nSPS) is 12.7. The molecule has 0 saturated heterocycles. The van der Waals surface area contributed by atoms with Gasteiger partial charge in [-0.05, 0) is 53.4 Å². The molecule has 1 unspecified atom stereocenters. The molecular formula is C16H21BrClN3. The fraction of sp³-hybridized carbons (Fsp3) is 0.438. The number of nitrogens with zero attached hydrogens (tertiary/aromatic N) is 2. The monoisotopic (exact) mass is 369 g/mol. The topological polar surface area (TPSA) is 43.8 Å². The predicted molar refractivity (Wildman–Crippen MR) is 91.8 cm³/mol. The van der Waals surface area contributed by atoms with Crippen molar-refractivity contribution in [2.45, 2.75) is 46.2 Å². The summed E-state index contributed by atoms with van der Waals surface area (Å²) >= 11 is 9.87. The second-order valence-corrected chi connectivity index (χ2v) is 6.34. The molecular weight excluding hydrogens is 350 g/mol. The van der Waals surface area contributed by atoms with Gasteiger partial charge in [0.05, 0.1) is 15.9 Å². The Labute approximate surface area is 139 Å². The molecule has 1 heterocycles. The van der Waals surface area contributed by atoms with Crippen LogP contribution in [0.3, 0.4) is 0 Å². The van der Waals surface area contributed by atoms with Gasteiger partial charge in [0, 0.05) is 24.0 Å². The van der Waals surface area contributed by atoms with Gasteiger partial charge in [-0.1, -0.05) is 30.7 Å². The maximum Gasteiger partial charge on any atom is 0.0766 e. The third-order valence-corrected chi connectivity index (χ3v) is 5.14. The van der Waals surface area contributed by atoms with Gasteiger partial charge in [0.25, 0.3) is 0 Å². The van der Waals surface area contributed by atoms with E-state index in [0.717, 1.165) is 51.4 Å². The number of nitrogens with two attached hydrogens (primary N) is 1. The molecule has 5 heteroatoms. The fourth-order valence-corrected chi connectivity index (χ4v) is 3.46. The Kier molecular flexibility index (Phi) is 5.47. The Morgan fingerprint density at radius 2 is 2.10 bits per heavy atom. The van der Waals surface area contributed by atoms with Crippen molar-refractivity contribution in [2.24, 2.45) is 5.73 Å². The molecule has 114 valence electrons. The molecule has 0 fully saturated rings. The summed E-state index contributed by atoms with van der Waals surface area (Å²) < 4.78 is 3.12. The molecule has 0 amide bonds. The van der Waals surface area contributed by atoms with Crippen molar-refractivity contribution in [1.82, 2.24) is 9.78 Å². The van der Waals surface area contributed by atoms with E-state index in [-0.39, 0.29) is 6.04 Å². The number of rotatable bonds is 5. The zero-order chi connectivity index (χ0) is 15.6. The zero-order valence-corrected chi connectivity index (χ0v) is 15.0. The summed E-state index contributed by atoms with van der Waals surface area (Å²) in [4.78, 5) is 0. The van der Waals surface area contributed by atoms with Crippen molar-refractivity contribution in [3.8, 4) is 0 Å². The Morgan fingerprint density at radius 3 is 2.71 bits per heavy atom. The largest absolute Gasteiger partial charge is 0.324 e. The molecule has 1 atom stereocenters. The van der Waals surface area contributed by atoms with E-state index in [9.17, 15) is 0 Å². The quantitative estimate of drug-likeness (QED) is 0.846. The van der Waals surface area contributed by atoms with Crippen molar-refractivity contribution in [3.05, 3.63) is 50.2 Å². The van der Waals surface area contributed by atoms with Gasteiger partial charge in [-0.15, -0.1) is 0 Å². The van der Waals surface area contributed by atoms with Crippen LogP contribution in [0.4, 0.5) is 0 Å². The summed E-state index contributed by atoms with van der Waals surface area (Å²) in [5.74, 6) is 0. The third-order valence-electron chi connectivity index (χ3n) is 3.82. The average Bonchev–Trinajstić information content (AvgIpc) is 2.78. The van der Waals surface area contributed by atoms with Crippen LogP contribution in [0.1, 0.15) is 42.4 Å². The van der Waals surface area contributed by atoms with E-state index >= 15 is 0 Å². The highest BCUT2D eigenvalue weighted by Crippen LogP contribution is 2.29. The lowest BCUT2D eigenvalue weighted by molar-refractivity contribution is 0.583. The van der Waals surface area contributed by atoms with Crippen LogP contribution in [0.2, 0.25) is 5.02 Å². The van der Waals surface area contributed by atoms with Crippen LogP contribution in [-0.4, -0.2) is 9.78 Å². The minimum absolute atomic E-state index is 0.0910. The molecule has 2 rings (SSSR count). The highest BCUT2D eigenvalue weighted by atomic mass is 79.9. The van der Waals surface area contributed by atoms with Gasteiger partial charge < -0.3 is 5.73 Å². The highest BCUT2D eigenvalue weighted by Gasteiger charge is 2.19. The number of hydrogen-bond donors (Lipinski definition) is 1. The average molecular weight is 371 g/mol. The predicted octanol–water partition coefficient (Wildman–Crippen LogP) is 4.43. The Hall–Kier alpha value is -0.840. The van der Waals surface area contributed by atoms with Crippen molar-refractivity contribution in [1.29, 1.82) is 0 Å². The van der Waals surface area contributed by atoms with Gasteiger partial charge in [0.1, 0.15) is 0 Å². The number of benzene rings is 1. The minimum Gasteiger partial charge on any atom is -0.324 e. The molecule has 0 bridgehead atoms. The van der Waals surface area contributed by atoms with Crippen molar-refractivity contribution in [2.75, 3.05) is 0 Å². The van der Waals surface area contributed by atoms with Crippen LogP contribution in [0.5, 0.6) is 0 Å². The van der Waals surface area contributed by atoms with Crippen LogP contribution < -0.4 is 5.73 Å². The van der Waals surface area contributed by atoms with Crippen LogP contribution in [0.25, 0.3) is 0 Å². The molecule has 2 N–H and O–H groups in total. The molecule has 0 aliphatic heterocycles. The van der Waals surface area contributed by atoms with Gasteiger partial charge in [-0.2, -0.15) is 5.10 Å². The zero-order valence-electron chi connectivity index (χ0n) is 12.7. The number of halogens is 2. The molecule has 3 nitrogen and oxygen atoms in total. The number of hydrogen-bond acceptors (Lipinski definition) is 2. The Bertz CT molecular complexity index is 637. The molecule has 0 spiro atoms. The van der Waals surface area contributed by atoms with Gasteiger partial charge in [0.15, 0.2) is 0 Å². The van der Waals surface area contributed by atoms with E-state index < -0.39 is 0 Å². The van der Waals surface area contributed by atoms with Gasteiger partial charge >= 0.3 is 0 Å². The van der Waals surface area contributed by atoms with E-state index in [0.29, 0.717) is 0 Å². The molecule has 21 heavy (non-hydrogen) atoms. The summed E-state index contributed by atoms with van der Waals surface area (Å²) in [6.45, 7) is 7.06. The van der Waals surface area contributed by atoms with E-state index in [1.807, 2.05) is 29.8 Å². The summed E-state index contributed by atoms with van der Waals surface area (Å²) in [6, 6.07) is 5.81. The molecule has 0 radical (unpaired) electrons. The maximum absolute atomic E-state index is 6.42. The van der Waals surface area contributed by atoms with E-state index in [4.69, 9.17) is 17.3 Å². The lowest BCUT2D eigenvalue weighted by atomic mass is 9.98. The molecule has 0 saturated carbocycles. The van der Waals surface area contributed by atoms with Gasteiger partial charge in [-0.25, -0.2) is 0 Å². The van der Waals surface area contributed by atoms with Gasteiger partial charge in [-0.3, -0.25) is 4.68 Å². The van der Waals surface area contributed by atoms with Crippen molar-refractivity contribution < 1.29 is 0 Å². The van der Waals surface area contributed by atoms with E-state index in [2.05, 4.69) is 34.9 Å². The van der Waals surface area contributed by atoms with Gasteiger partial charge in [0.2, 0.25) is 0 Å². The first-order valence-corrected chi connectivity index (χ1v) is 8.41. The lowest BCUT2D eigenvalue weighted by Crippen LogP contribution is -2.17. The second-order valence-electron chi connectivity index (χ2n) is 5.14. The van der Waals surface area contributed by atoms with Crippen LogP contribution in [0, 0.1) is 6.92 Å². The first-order valence-electron chi connectivity index (χ1n) is 7.24.